The first-order valence-corrected chi connectivity index (χ1v) is 9.19. The van der Waals surface area contributed by atoms with Gasteiger partial charge < -0.3 is 15.4 Å². The van der Waals surface area contributed by atoms with Crippen molar-refractivity contribution in [2.45, 2.75) is 6.92 Å². The monoisotopic (exact) mass is 423 g/mol. The lowest BCUT2D eigenvalue weighted by atomic mass is 10.1. The average molecular weight is 424 g/mol. The number of anilines is 2. The summed E-state index contributed by atoms with van der Waals surface area (Å²) in [5, 5.41) is 16.9. The summed E-state index contributed by atoms with van der Waals surface area (Å²) in [5.74, 6) is -0.205. The Morgan fingerprint density at radius 2 is 1.87 bits per heavy atom. The highest BCUT2D eigenvalue weighted by atomic mass is 35.5. The van der Waals surface area contributed by atoms with Crippen LogP contribution in [0.25, 0.3) is 0 Å². The molecular weight excluding hydrogens is 410 g/mol. The van der Waals surface area contributed by atoms with Crippen molar-refractivity contribution >= 4 is 40.5 Å². The third kappa shape index (κ3) is 3.68. The van der Waals surface area contributed by atoms with Gasteiger partial charge in [-0.25, -0.2) is 0 Å². The molecule has 0 aromatic heterocycles. The molecule has 1 aliphatic rings. The van der Waals surface area contributed by atoms with E-state index in [-0.39, 0.29) is 16.8 Å². The van der Waals surface area contributed by atoms with Gasteiger partial charge in [0, 0.05) is 27.9 Å². The number of aryl methyl sites for hydroxylation is 1. The van der Waals surface area contributed by atoms with Crippen LogP contribution in [0.4, 0.5) is 17.1 Å². The highest BCUT2D eigenvalue weighted by Crippen LogP contribution is 2.38. The fraction of sp³-hybridized carbons (Fsp3) is 0.0476. The number of carbonyl (C=O) groups excluding carboxylic acids is 2. The molecule has 0 radical (unpaired) electrons. The fourth-order valence-electron chi connectivity index (χ4n) is 3.02. The Balaban J connectivity index is 1.61. The Morgan fingerprint density at radius 3 is 2.63 bits per heavy atom. The van der Waals surface area contributed by atoms with E-state index in [1.54, 1.807) is 37.3 Å². The Bertz CT molecular complexity index is 1230. The van der Waals surface area contributed by atoms with Crippen molar-refractivity contribution < 1.29 is 19.2 Å². The summed E-state index contributed by atoms with van der Waals surface area (Å²) in [6, 6.07) is 13.7. The maximum absolute atomic E-state index is 12.6. The number of halogens is 1. The zero-order chi connectivity index (χ0) is 21.4. The Morgan fingerprint density at radius 1 is 1.10 bits per heavy atom. The number of ether oxygens (including phenoxy) is 1. The molecule has 8 nitrogen and oxygen atoms in total. The number of hydrogen-bond acceptors (Lipinski definition) is 5. The molecule has 1 heterocycles. The minimum atomic E-state index is -0.542. The van der Waals surface area contributed by atoms with E-state index in [1.165, 1.54) is 24.3 Å². The predicted molar refractivity (Wildman–Crippen MR) is 112 cm³/mol. The van der Waals surface area contributed by atoms with Crippen LogP contribution < -0.4 is 15.4 Å². The van der Waals surface area contributed by atoms with Gasteiger partial charge in [0.2, 0.25) is 0 Å². The van der Waals surface area contributed by atoms with Crippen LogP contribution in [-0.4, -0.2) is 16.7 Å². The van der Waals surface area contributed by atoms with Crippen molar-refractivity contribution in [1.82, 2.24) is 0 Å². The number of amides is 2. The third-order valence-corrected chi connectivity index (χ3v) is 4.79. The number of nitro groups is 1. The van der Waals surface area contributed by atoms with E-state index in [1.807, 2.05) is 0 Å². The molecule has 2 amide bonds. The molecule has 0 fully saturated rings. The van der Waals surface area contributed by atoms with E-state index in [2.05, 4.69) is 10.6 Å². The molecule has 0 bridgehead atoms. The molecule has 3 aromatic carbocycles. The van der Waals surface area contributed by atoms with E-state index >= 15 is 0 Å². The molecule has 0 spiro atoms. The van der Waals surface area contributed by atoms with Crippen LogP contribution in [0.1, 0.15) is 26.3 Å². The Kier molecular flexibility index (Phi) is 4.85. The molecule has 3 aromatic rings. The molecule has 150 valence electrons. The molecule has 0 unspecified atom stereocenters. The molecule has 0 aliphatic carbocycles. The summed E-state index contributed by atoms with van der Waals surface area (Å²) < 4.78 is 5.80. The van der Waals surface area contributed by atoms with Gasteiger partial charge in [0.25, 0.3) is 17.5 Å². The first kappa shape index (κ1) is 19.4. The van der Waals surface area contributed by atoms with Gasteiger partial charge in [-0.15, -0.1) is 0 Å². The number of nitrogens with zero attached hydrogens (tertiary/aromatic N) is 1. The van der Waals surface area contributed by atoms with E-state index in [0.717, 1.165) is 0 Å². The Labute approximate surface area is 175 Å². The van der Waals surface area contributed by atoms with Gasteiger partial charge in [-0.05, 0) is 49.4 Å². The summed E-state index contributed by atoms with van der Waals surface area (Å²) in [5.41, 5.74) is 1.43. The van der Waals surface area contributed by atoms with Crippen LogP contribution in [0, 0.1) is 17.0 Å². The van der Waals surface area contributed by atoms with Gasteiger partial charge in [-0.2, -0.15) is 0 Å². The zero-order valence-corrected chi connectivity index (χ0v) is 16.3. The Hall–Kier alpha value is -3.91. The minimum absolute atomic E-state index is 0.130. The van der Waals surface area contributed by atoms with E-state index in [9.17, 15) is 19.7 Å². The highest BCUT2D eigenvalue weighted by Gasteiger charge is 2.22. The van der Waals surface area contributed by atoms with Gasteiger partial charge in [-0.3, -0.25) is 19.7 Å². The summed E-state index contributed by atoms with van der Waals surface area (Å²) in [6.45, 7) is 1.59. The maximum atomic E-state index is 12.6. The quantitative estimate of drug-likeness (QED) is 0.446. The van der Waals surface area contributed by atoms with Crippen LogP contribution in [0.2, 0.25) is 5.02 Å². The summed E-state index contributed by atoms with van der Waals surface area (Å²) in [7, 11) is 0. The van der Waals surface area contributed by atoms with E-state index in [0.29, 0.717) is 33.5 Å². The van der Waals surface area contributed by atoms with Crippen molar-refractivity contribution in [3.05, 3.63) is 86.4 Å². The van der Waals surface area contributed by atoms with Crippen molar-refractivity contribution in [3.63, 3.8) is 0 Å². The fourth-order valence-corrected chi connectivity index (χ4v) is 3.19. The SMILES string of the molecule is Cc1ccc(C(=O)Nc2ccc3c(c2)C(=O)Nc2cc(Cl)ccc2O3)cc1[N+](=O)[O-]. The lowest BCUT2D eigenvalue weighted by molar-refractivity contribution is -0.385. The molecule has 4 rings (SSSR count). The lowest BCUT2D eigenvalue weighted by Gasteiger charge is -2.10. The number of nitrogens with one attached hydrogen (secondary N) is 2. The number of fused-ring (bicyclic) bond motifs is 2. The second-order valence-corrected chi connectivity index (χ2v) is 7.06. The number of carbonyl (C=O) groups is 2. The number of hydrogen-bond donors (Lipinski definition) is 2. The van der Waals surface area contributed by atoms with Crippen molar-refractivity contribution in [3.8, 4) is 11.5 Å². The molecule has 9 heteroatoms. The summed E-state index contributed by atoms with van der Waals surface area (Å²) in [4.78, 5) is 35.7. The average Bonchev–Trinajstić information content (AvgIpc) is 2.83. The topological polar surface area (TPSA) is 111 Å². The third-order valence-electron chi connectivity index (χ3n) is 4.56. The molecule has 0 saturated heterocycles. The lowest BCUT2D eigenvalue weighted by Crippen LogP contribution is -2.14. The van der Waals surface area contributed by atoms with Crippen LogP contribution in [0.3, 0.4) is 0 Å². The van der Waals surface area contributed by atoms with E-state index < -0.39 is 16.7 Å². The van der Waals surface area contributed by atoms with Crippen LogP contribution in [0.15, 0.2) is 54.6 Å². The molecule has 0 atom stereocenters. The molecule has 1 aliphatic heterocycles. The van der Waals surface area contributed by atoms with Gasteiger partial charge >= 0.3 is 0 Å². The molecule has 0 saturated carbocycles. The second-order valence-electron chi connectivity index (χ2n) is 6.62. The normalized spacial score (nSPS) is 12.0. The number of benzene rings is 3. The van der Waals surface area contributed by atoms with Crippen LogP contribution in [0.5, 0.6) is 11.5 Å². The van der Waals surface area contributed by atoms with Crippen molar-refractivity contribution in [2.24, 2.45) is 0 Å². The maximum Gasteiger partial charge on any atom is 0.273 e. The minimum Gasteiger partial charge on any atom is -0.454 e. The first-order chi connectivity index (χ1) is 14.3. The summed E-state index contributed by atoms with van der Waals surface area (Å²) in [6.07, 6.45) is 0. The zero-order valence-electron chi connectivity index (χ0n) is 15.6. The summed E-state index contributed by atoms with van der Waals surface area (Å²) >= 11 is 5.97. The smallest absolute Gasteiger partial charge is 0.273 e. The van der Waals surface area contributed by atoms with E-state index in [4.69, 9.17) is 16.3 Å². The molecular formula is C21H14ClN3O5. The van der Waals surface area contributed by atoms with Crippen molar-refractivity contribution in [2.75, 3.05) is 10.6 Å². The number of nitro benzene ring substituents is 1. The van der Waals surface area contributed by atoms with Crippen molar-refractivity contribution in [1.29, 1.82) is 0 Å². The predicted octanol–water partition coefficient (Wildman–Crippen LogP) is 5.17. The standard InChI is InChI=1S/C21H14ClN3O5/c1-11-2-3-12(8-17(11)25(28)29)20(26)23-14-5-7-18-15(10-14)21(27)24-16-9-13(22)4-6-19(16)30-18/h2-10H,1H3,(H,23,26)(H,24,27). The second kappa shape index (κ2) is 7.49. The van der Waals surface area contributed by atoms with Gasteiger partial charge in [0.05, 0.1) is 16.2 Å². The first-order valence-electron chi connectivity index (χ1n) is 8.81. The van der Waals surface area contributed by atoms with Crippen LogP contribution >= 0.6 is 11.6 Å². The largest absolute Gasteiger partial charge is 0.454 e. The van der Waals surface area contributed by atoms with Gasteiger partial charge in [0.15, 0.2) is 5.75 Å². The van der Waals surface area contributed by atoms with Crippen LogP contribution in [-0.2, 0) is 0 Å². The molecule has 30 heavy (non-hydrogen) atoms. The van der Waals surface area contributed by atoms with Gasteiger partial charge in [0.1, 0.15) is 5.75 Å². The number of rotatable bonds is 3. The van der Waals surface area contributed by atoms with Gasteiger partial charge in [-0.1, -0.05) is 17.7 Å². The highest BCUT2D eigenvalue weighted by molar-refractivity contribution is 6.31. The molecule has 2 N–H and O–H groups in total.